The van der Waals surface area contributed by atoms with E-state index >= 15 is 0 Å². The lowest BCUT2D eigenvalue weighted by atomic mass is 10.2. The van der Waals surface area contributed by atoms with Gasteiger partial charge in [-0.15, -0.1) is 11.3 Å². The van der Waals surface area contributed by atoms with Crippen molar-refractivity contribution in [3.05, 3.63) is 33.1 Å². The summed E-state index contributed by atoms with van der Waals surface area (Å²) < 4.78 is 25.6. The van der Waals surface area contributed by atoms with E-state index in [1.54, 1.807) is 6.07 Å². The molecule has 2 rings (SSSR count). The molecule has 0 N–H and O–H groups in total. The van der Waals surface area contributed by atoms with Gasteiger partial charge in [-0.2, -0.15) is 0 Å². The lowest BCUT2D eigenvalue weighted by Crippen LogP contribution is -1.80. The van der Waals surface area contributed by atoms with Crippen molar-refractivity contribution in [1.29, 1.82) is 0 Å². The van der Waals surface area contributed by atoms with Crippen molar-refractivity contribution in [2.24, 2.45) is 0 Å². The Kier molecular flexibility index (Phi) is 2.64. The predicted molar refractivity (Wildman–Crippen MR) is 56.8 cm³/mol. The molecule has 0 spiro atoms. The number of hydrogen-bond donors (Lipinski definition) is 0. The first-order valence-corrected chi connectivity index (χ1v) is 5.38. The normalized spacial score (nSPS) is 11.5. The van der Waals surface area contributed by atoms with Crippen LogP contribution in [0.4, 0.5) is 8.78 Å². The van der Waals surface area contributed by atoms with E-state index < -0.39 is 6.43 Å². The van der Waals surface area contributed by atoms with Crippen molar-refractivity contribution >= 4 is 44.6 Å². The van der Waals surface area contributed by atoms with E-state index in [1.807, 2.05) is 0 Å². The Morgan fingerprint density at radius 2 is 1.93 bits per heavy atom. The van der Waals surface area contributed by atoms with Crippen LogP contribution in [-0.4, -0.2) is 0 Å². The van der Waals surface area contributed by atoms with Crippen LogP contribution in [0.2, 0.25) is 10.0 Å². The first kappa shape index (κ1) is 10.1. The lowest BCUT2D eigenvalue weighted by Gasteiger charge is -1.99. The van der Waals surface area contributed by atoms with E-state index in [4.69, 9.17) is 23.2 Å². The zero-order valence-electron chi connectivity index (χ0n) is 6.73. The van der Waals surface area contributed by atoms with Crippen molar-refractivity contribution in [3.8, 4) is 0 Å². The quantitative estimate of drug-likeness (QED) is 0.659. The molecule has 0 aliphatic heterocycles. The summed E-state index contributed by atoms with van der Waals surface area (Å²) in [5.41, 5.74) is 0.0172. The molecule has 74 valence electrons. The van der Waals surface area contributed by atoms with Gasteiger partial charge in [0.1, 0.15) is 0 Å². The Balaban J connectivity index is 2.77. The van der Waals surface area contributed by atoms with Crippen LogP contribution in [0.3, 0.4) is 0 Å². The van der Waals surface area contributed by atoms with Gasteiger partial charge in [-0.05, 0) is 6.07 Å². The molecule has 1 aromatic carbocycles. The maximum Gasteiger partial charge on any atom is 0.265 e. The highest BCUT2D eigenvalue weighted by atomic mass is 35.5. The van der Waals surface area contributed by atoms with Crippen molar-refractivity contribution in [1.82, 2.24) is 0 Å². The van der Waals surface area contributed by atoms with Gasteiger partial charge in [0.15, 0.2) is 0 Å². The van der Waals surface area contributed by atoms with Gasteiger partial charge in [-0.25, -0.2) is 8.78 Å². The molecule has 1 aromatic heterocycles. The summed E-state index contributed by atoms with van der Waals surface area (Å²) in [5, 5.41) is 2.64. The average molecular weight is 253 g/mol. The Hall–Kier alpha value is -0.380. The number of benzene rings is 1. The van der Waals surface area contributed by atoms with Gasteiger partial charge in [0.05, 0.1) is 14.7 Å². The second-order valence-corrected chi connectivity index (χ2v) is 4.39. The lowest BCUT2D eigenvalue weighted by molar-refractivity contribution is 0.153. The molecule has 1 heterocycles. The minimum absolute atomic E-state index is 0.0172. The van der Waals surface area contributed by atoms with Crippen molar-refractivity contribution in [2.45, 2.75) is 6.43 Å². The van der Waals surface area contributed by atoms with E-state index in [2.05, 4.69) is 0 Å². The van der Waals surface area contributed by atoms with Gasteiger partial charge in [0.25, 0.3) is 6.43 Å². The number of rotatable bonds is 1. The molecule has 0 aliphatic rings. The van der Waals surface area contributed by atoms with Crippen LogP contribution < -0.4 is 0 Å². The maximum absolute atomic E-state index is 12.5. The highest BCUT2D eigenvalue weighted by molar-refractivity contribution is 7.18. The smallest absolute Gasteiger partial charge is 0.205 e. The zero-order valence-corrected chi connectivity index (χ0v) is 9.06. The fraction of sp³-hybridized carbons (Fsp3) is 0.111. The van der Waals surface area contributed by atoms with Gasteiger partial charge in [-0.1, -0.05) is 29.3 Å². The third-order valence-electron chi connectivity index (χ3n) is 1.90. The summed E-state index contributed by atoms with van der Waals surface area (Å²) in [4.78, 5) is 0. The van der Waals surface area contributed by atoms with Crippen LogP contribution in [0.15, 0.2) is 17.5 Å². The monoisotopic (exact) mass is 252 g/mol. The third-order valence-corrected chi connectivity index (χ3v) is 3.85. The van der Waals surface area contributed by atoms with E-state index in [9.17, 15) is 8.78 Å². The number of hydrogen-bond acceptors (Lipinski definition) is 1. The highest BCUT2D eigenvalue weighted by Crippen LogP contribution is 2.39. The molecular formula is C9H4Cl2F2S. The largest absolute Gasteiger partial charge is 0.265 e. The second kappa shape index (κ2) is 3.65. The SMILES string of the molecule is FC(F)c1csc2c(Cl)c(Cl)ccc12. The molecule has 0 radical (unpaired) electrons. The second-order valence-electron chi connectivity index (χ2n) is 2.73. The summed E-state index contributed by atoms with van der Waals surface area (Å²) in [6, 6.07) is 3.10. The molecule has 2 aromatic rings. The summed E-state index contributed by atoms with van der Waals surface area (Å²) in [6.07, 6.45) is -2.47. The molecule has 0 saturated heterocycles. The molecule has 0 aliphatic carbocycles. The predicted octanol–water partition coefficient (Wildman–Crippen LogP) is 5.15. The van der Waals surface area contributed by atoms with Gasteiger partial charge < -0.3 is 0 Å². The number of fused-ring (bicyclic) bond motifs is 1. The van der Waals surface area contributed by atoms with Crippen molar-refractivity contribution < 1.29 is 8.78 Å². The topological polar surface area (TPSA) is 0 Å². The fourth-order valence-electron chi connectivity index (χ4n) is 1.23. The van der Waals surface area contributed by atoms with Gasteiger partial charge in [0.2, 0.25) is 0 Å². The average Bonchev–Trinajstić information content (AvgIpc) is 2.55. The molecule has 0 unspecified atom stereocenters. The van der Waals surface area contributed by atoms with Gasteiger partial charge >= 0.3 is 0 Å². The van der Waals surface area contributed by atoms with Crippen LogP contribution in [0.25, 0.3) is 10.1 Å². The Labute approximate surface area is 93.1 Å². The Bertz CT molecular complexity index is 479. The van der Waals surface area contributed by atoms with E-state index in [-0.39, 0.29) is 5.56 Å². The standard InChI is InChI=1S/C9H4Cl2F2S/c10-6-2-1-4-5(9(12)13)3-14-8(4)7(6)11/h1-3,9H. The molecule has 0 saturated carbocycles. The van der Waals surface area contributed by atoms with Crippen LogP contribution in [0, 0.1) is 0 Å². The van der Waals surface area contributed by atoms with E-state index in [0.29, 0.717) is 20.1 Å². The van der Waals surface area contributed by atoms with Crippen LogP contribution in [0.5, 0.6) is 0 Å². The highest BCUT2D eigenvalue weighted by Gasteiger charge is 2.15. The first-order chi connectivity index (χ1) is 6.61. The molecular weight excluding hydrogens is 249 g/mol. The fourth-order valence-corrected chi connectivity index (χ4v) is 2.74. The van der Waals surface area contributed by atoms with E-state index in [1.165, 1.54) is 22.8 Å². The molecule has 5 heteroatoms. The summed E-state index contributed by atoms with van der Waals surface area (Å²) in [7, 11) is 0. The summed E-state index contributed by atoms with van der Waals surface area (Å²) in [5.74, 6) is 0. The van der Waals surface area contributed by atoms with Crippen LogP contribution in [0.1, 0.15) is 12.0 Å². The summed E-state index contributed by atoms with van der Waals surface area (Å²) >= 11 is 12.8. The third kappa shape index (κ3) is 1.49. The van der Waals surface area contributed by atoms with Crippen molar-refractivity contribution in [2.75, 3.05) is 0 Å². The number of halogens is 4. The zero-order chi connectivity index (χ0) is 10.3. The van der Waals surface area contributed by atoms with Crippen LogP contribution in [-0.2, 0) is 0 Å². The maximum atomic E-state index is 12.5. The minimum atomic E-state index is -2.47. The molecule has 0 nitrogen and oxygen atoms in total. The van der Waals surface area contributed by atoms with Crippen LogP contribution >= 0.6 is 34.5 Å². The minimum Gasteiger partial charge on any atom is -0.205 e. The summed E-state index contributed by atoms with van der Waals surface area (Å²) in [6.45, 7) is 0. The molecule has 14 heavy (non-hydrogen) atoms. The number of thiophene rings is 1. The van der Waals surface area contributed by atoms with Crippen molar-refractivity contribution in [3.63, 3.8) is 0 Å². The molecule has 0 bridgehead atoms. The van der Waals surface area contributed by atoms with Gasteiger partial charge in [-0.3, -0.25) is 0 Å². The molecule has 0 fully saturated rings. The van der Waals surface area contributed by atoms with E-state index in [0.717, 1.165) is 0 Å². The Morgan fingerprint density at radius 3 is 2.57 bits per heavy atom. The molecule has 0 amide bonds. The Morgan fingerprint density at radius 1 is 1.21 bits per heavy atom. The number of alkyl halides is 2. The molecule has 0 atom stereocenters. The van der Waals surface area contributed by atoms with Gasteiger partial charge in [0, 0.05) is 16.3 Å². The first-order valence-electron chi connectivity index (χ1n) is 3.74.